The number of nitrogens with two attached hydrogens (primary N) is 1. The minimum Gasteiger partial charge on any atom is -0.342 e. The lowest BCUT2D eigenvalue weighted by Crippen LogP contribution is -2.95. The second-order valence-corrected chi connectivity index (χ2v) is 3.39. The third-order valence-corrected chi connectivity index (χ3v) is 2.43. The lowest BCUT2D eigenvalue weighted by atomic mass is 10.1. The quantitative estimate of drug-likeness (QED) is 0.532. The van der Waals surface area contributed by atoms with Gasteiger partial charge in [-0.15, -0.1) is 0 Å². The van der Waals surface area contributed by atoms with Crippen LogP contribution in [0.3, 0.4) is 0 Å². The first-order chi connectivity index (χ1) is 4.74. The molecule has 10 heavy (non-hydrogen) atoms. The standard InChI is InChI=1S/C8H18N2/c1-4-10-6-7(2)9-5-8(10)3/h7-9H,4-6H2,1-3H3/p+1. The van der Waals surface area contributed by atoms with Crippen molar-refractivity contribution < 1.29 is 5.32 Å². The van der Waals surface area contributed by atoms with Gasteiger partial charge in [0.1, 0.15) is 0 Å². The fourth-order valence-corrected chi connectivity index (χ4v) is 1.64. The van der Waals surface area contributed by atoms with Gasteiger partial charge in [0.25, 0.3) is 0 Å². The van der Waals surface area contributed by atoms with Crippen molar-refractivity contribution in [2.75, 3.05) is 19.6 Å². The lowest BCUT2D eigenvalue weighted by Gasteiger charge is -2.33. The molecule has 1 saturated heterocycles. The van der Waals surface area contributed by atoms with Crippen LogP contribution in [0.2, 0.25) is 0 Å². The van der Waals surface area contributed by atoms with Crippen LogP contribution in [-0.4, -0.2) is 36.6 Å². The summed E-state index contributed by atoms with van der Waals surface area (Å²) in [5.74, 6) is 0. The summed E-state index contributed by atoms with van der Waals surface area (Å²) >= 11 is 0. The molecule has 0 aliphatic carbocycles. The van der Waals surface area contributed by atoms with E-state index in [-0.39, 0.29) is 0 Å². The third-order valence-electron chi connectivity index (χ3n) is 2.43. The zero-order valence-corrected chi connectivity index (χ0v) is 7.30. The van der Waals surface area contributed by atoms with Crippen LogP contribution in [0.4, 0.5) is 0 Å². The largest absolute Gasteiger partial charge is 0.342 e. The Bertz CT molecular complexity index is 103. The van der Waals surface area contributed by atoms with Crippen LogP contribution >= 0.6 is 0 Å². The molecule has 0 bridgehead atoms. The van der Waals surface area contributed by atoms with Gasteiger partial charge in [-0.05, 0) is 20.4 Å². The monoisotopic (exact) mass is 143 g/mol. The van der Waals surface area contributed by atoms with Gasteiger partial charge in [0, 0.05) is 0 Å². The summed E-state index contributed by atoms with van der Waals surface area (Å²) < 4.78 is 0. The summed E-state index contributed by atoms with van der Waals surface area (Å²) in [7, 11) is 0. The molecule has 2 nitrogen and oxygen atoms in total. The van der Waals surface area contributed by atoms with Gasteiger partial charge >= 0.3 is 0 Å². The fourth-order valence-electron chi connectivity index (χ4n) is 1.64. The molecular weight excluding hydrogens is 124 g/mol. The number of hydrogen-bond acceptors (Lipinski definition) is 1. The Morgan fingerprint density at radius 2 is 2.20 bits per heavy atom. The van der Waals surface area contributed by atoms with Gasteiger partial charge in [-0.25, -0.2) is 0 Å². The van der Waals surface area contributed by atoms with E-state index in [9.17, 15) is 0 Å². The van der Waals surface area contributed by atoms with Crippen LogP contribution in [0.5, 0.6) is 0 Å². The molecule has 0 radical (unpaired) electrons. The minimum atomic E-state index is 0.779. The number of hydrogen-bond donors (Lipinski definition) is 1. The van der Waals surface area contributed by atoms with Gasteiger partial charge in [0.05, 0.1) is 25.2 Å². The zero-order valence-electron chi connectivity index (χ0n) is 7.30. The first kappa shape index (κ1) is 8.02. The maximum atomic E-state index is 2.55. The Hall–Kier alpha value is -0.0800. The van der Waals surface area contributed by atoms with E-state index in [1.807, 2.05) is 0 Å². The van der Waals surface area contributed by atoms with Gasteiger partial charge in [-0.3, -0.25) is 4.90 Å². The van der Waals surface area contributed by atoms with Crippen molar-refractivity contribution in [2.45, 2.75) is 32.9 Å². The molecule has 1 fully saturated rings. The van der Waals surface area contributed by atoms with Crippen molar-refractivity contribution in [3.63, 3.8) is 0 Å². The van der Waals surface area contributed by atoms with E-state index in [2.05, 4.69) is 31.0 Å². The lowest BCUT2D eigenvalue weighted by molar-refractivity contribution is -0.699. The van der Waals surface area contributed by atoms with Crippen molar-refractivity contribution in [1.82, 2.24) is 4.90 Å². The van der Waals surface area contributed by atoms with Crippen molar-refractivity contribution in [1.29, 1.82) is 0 Å². The summed E-state index contributed by atoms with van der Waals surface area (Å²) in [6, 6.07) is 1.58. The highest BCUT2D eigenvalue weighted by Crippen LogP contribution is 1.99. The summed E-state index contributed by atoms with van der Waals surface area (Å²) in [6.45, 7) is 10.6. The van der Waals surface area contributed by atoms with Gasteiger partial charge in [0.2, 0.25) is 0 Å². The molecule has 2 N–H and O–H groups in total. The van der Waals surface area contributed by atoms with E-state index < -0.39 is 0 Å². The number of rotatable bonds is 1. The molecule has 2 atom stereocenters. The first-order valence-corrected chi connectivity index (χ1v) is 4.31. The van der Waals surface area contributed by atoms with E-state index in [4.69, 9.17) is 0 Å². The SMILES string of the molecule is CCN1CC(C)[NH2+]CC1C. The molecular formula is C8H19N2+. The molecule has 1 aliphatic rings. The van der Waals surface area contributed by atoms with E-state index in [0.717, 1.165) is 12.1 Å². The molecule has 0 amide bonds. The second kappa shape index (κ2) is 3.35. The highest BCUT2D eigenvalue weighted by molar-refractivity contribution is 4.70. The molecule has 1 heterocycles. The highest BCUT2D eigenvalue weighted by Gasteiger charge is 2.23. The Balaban J connectivity index is 2.38. The van der Waals surface area contributed by atoms with Crippen LogP contribution in [0.15, 0.2) is 0 Å². The molecule has 2 unspecified atom stereocenters. The maximum absolute atomic E-state index is 2.55. The average molecular weight is 143 g/mol. The van der Waals surface area contributed by atoms with Crippen molar-refractivity contribution in [3.8, 4) is 0 Å². The molecule has 1 rings (SSSR count). The van der Waals surface area contributed by atoms with Crippen molar-refractivity contribution >= 4 is 0 Å². The number of likely N-dealkylation sites (N-methyl/N-ethyl adjacent to an activating group) is 1. The van der Waals surface area contributed by atoms with E-state index in [0.29, 0.717) is 0 Å². The van der Waals surface area contributed by atoms with Crippen LogP contribution in [0.25, 0.3) is 0 Å². The van der Waals surface area contributed by atoms with Gasteiger partial charge in [-0.1, -0.05) is 6.92 Å². The normalized spacial score (nSPS) is 36.3. The Morgan fingerprint density at radius 1 is 1.50 bits per heavy atom. The van der Waals surface area contributed by atoms with Gasteiger partial charge < -0.3 is 5.32 Å². The van der Waals surface area contributed by atoms with E-state index in [1.54, 1.807) is 0 Å². The van der Waals surface area contributed by atoms with Gasteiger partial charge in [-0.2, -0.15) is 0 Å². The zero-order chi connectivity index (χ0) is 7.56. The van der Waals surface area contributed by atoms with Crippen LogP contribution in [0.1, 0.15) is 20.8 Å². The first-order valence-electron chi connectivity index (χ1n) is 4.31. The summed E-state index contributed by atoms with van der Waals surface area (Å²) in [5.41, 5.74) is 0. The van der Waals surface area contributed by atoms with Crippen molar-refractivity contribution in [2.24, 2.45) is 0 Å². The molecule has 0 aromatic carbocycles. The Labute approximate surface area is 63.6 Å². The third kappa shape index (κ3) is 1.70. The minimum absolute atomic E-state index is 0.779. The Morgan fingerprint density at radius 3 is 2.70 bits per heavy atom. The number of piperazine rings is 1. The van der Waals surface area contributed by atoms with Crippen LogP contribution in [0, 0.1) is 0 Å². The van der Waals surface area contributed by atoms with Gasteiger partial charge in [0.15, 0.2) is 0 Å². The summed E-state index contributed by atoms with van der Waals surface area (Å²) in [6.07, 6.45) is 0. The predicted octanol–water partition coefficient (Wildman–Crippen LogP) is -0.338. The maximum Gasteiger partial charge on any atom is 0.0959 e. The van der Waals surface area contributed by atoms with Crippen LogP contribution < -0.4 is 5.32 Å². The molecule has 0 aromatic heterocycles. The summed E-state index contributed by atoms with van der Waals surface area (Å²) in [5, 5.41) is 2.44. The molecule has 60 valence electrons. The smallest absolute Gasteiger partial charge is 0.0959 e. The average Bonchev–Trinajstić information content (AvgIpc) is 1.94. The summed E-state index contributed by atoms with van der Waals surface area (Å²) in [4.78, 5) is 2.55. The predicted molar refractivity (Wildman–Crippen MR) is 43.0 cm³/mol. The molecule has 2 heteroatoms. The van der Waals surface area contributed by atoms with E-state index in [1.165, 1.54) is 19.6 Å². The van der Waals surface area contributed by atoms with Crippen molar-refractivity contribution in [3.05, 3.63) is 0 Å². The molecule has 0 aromatic rings. The fraction of sp³-hybridized carbons (Fsp3) is 1.00. The number of nitrogens with zero attached hydrogens (tertiary/aromatic N) is 1. The molecule has 0 saturated carbocycles. The van der Waals surface area contributed by atoms with Crippen LogP contribution in [-0.2, 0) is 0 Å². The highest BCUT2D eigenvalue weighted by atomic mass is 15.2. The second-order valence-electron chi connectivity index (χ2n) is 3.39. The molecule has 1 aliphatic heterocycles. The topological polar surface area (TPSA) is 19.9 Å². The Kier molecular flexibility index (Phi) is 2.69. The van der Waals surface area contributed by atoms with E-state index >= 15 is 0 Å². The molecule has 0 spiro atoms. The number of quaternary nitrogens is 1.